The zero-order valence-corrected chi connectivity index (χ0v) is 12.1. The third-order valence-electron chi connectivity index (χ3n) is 3.09. The highest BCUT2D eigenvalue weighted by molar-refractivity contribution is 5.76. The van der Waals surface area contributed by atoms with Crippen LogP contribution in [0.5, 0.6) is 0 Å². The number of hydrogen-bond donors (Lipinski definition) is 2. The quantitative estimate of drug-likeness (QED) is 0.717. The highest BCUT2D eigenvalue weighted by Crippen LogP contribution is 2.13. The molecular weight excluding hydrogens is 242 g/mol. The molecule has 1 aromatic rings. The van der Waals surface area contributed by atoms with Gasteiger partial charge in [-0.15, -0.1) is 10.2 Å². The van der Waals surface area contributed by atoms with Crippen molar-refractivity contribution in [3.63, 3.8) is 0 Å². The highest BCUT2D eigenvalue weighted by atomic mass is 16.1. The van der Waals surface area contributed by atoms with E-state index in [9.17, 15) is 4.79 Å². The summed E-state index contributed by atoms with van der Waals surface area (Å²) >= 11 is 0. The van der Waals surface area contributed by atoms with Crippen LogP contribution in [0.2, 0.25) is 0 Å². The lowest BCUT2D eigenvalue weighted by Gasteiger charge is -2.16. The van der Waals surface area contributed by atoms with E-state index in [1.807, 2.05) is 11.6 Å². The van der Waals surface area contributed by atoms with E-state index in [1.54, 1.807) is 6.33 Å². The van der Waals surface area contributed by atoms with Gasteiger partial charge in [-0.3, -0.25) is 4.79 Å². The van der Waals surface area contributed by atoms with Gasteiger partial charge < -0.3 is 15.6 Å². The van der Waals surface area contributed by atoms with Gasteiger partial charge in [-0.05, 0) is 24.8 Å². The van der Waals surface area contributed by atoms with Crippen LogP contribution in [0.1, 0.15) is 32.5 Å². The molecular formula is C13H25N5O. The van der Waals surface area contributed by atoms with Crippen LogP contribution in [-0.4, -0.2) is 33.8 Å². The van der Waals surface area contributed by atoms with E-state index in [1.165, 1.54) is 0 Å². The van der Waals surface area contributed by atoms with Crippen LogP contribution in [0.15, 0.2) is 6.33 Å². The van der Waals surface area contributed by atoms with E-state index >= 15 is 0 Å². The fourth-order valence-corrected chi connectivity index (χ4v) is 2.11. The number of nitrogens with two attached hydrogens (primary N) is 1. The monoisotopic (exact) mass is 267 g/mol. The standard InChI is InChI=1S/C13H25N5O/c1-10(2)6-11(8-14)7-13(19)15-5-4-12-17-16-9-18(12)3/h9-11H,4-8,14H2,1-3H3,(H,15,19). The van der Waals surface area contributed by atoms with Crippen LogP contribution >= 0.6 is 0 Å². The fourth-order valence-electron chi connectivity index (χ4n) is 2.11. The molecule has 6 heteroatoms. The normalized spacial score (nSPS) is 12.7. The number of nitrogens with zero attached hydrogens (tertiary/aromatic N) is 3. The minimum absolute atomic E-state index is 0.0678. The van der Waals surface area contributed by atoms with Crippen molar-refractivity contribution in [3.05, 3.63) is 12.2 Å². The van der Waals surface area contributed by atoms with Crippen LogP contribution in [0.25, 0.3) is 0 Å². The minimum Gasteiger partial charge on any atom is -0.356 e. The molecule has 0 aliphatic rings. The Morgan fingerprint density at radius 2 is 2.26 bits per heavy atom. The zero-order chi connectivity index (χ0) is 14.3. The SMILES string of the molecule is CC(C)CC(CN)CC(=O)NCCc1nncn1C. The molecule has 0 aliphatic carbocycles. The van der Waals surface area contributed by atoms with E-state index < -0.39 is 0 Å². The van der Waals surface area contributed by atoms with Gasteiger partial charge >= 0.3 is 0 Å². The molecule has 1 rings (SSSR count). The lowest BCUT2D eigenvalue weighted by Crippen LogP contribution is -2.30. The van der Waals surface area contributed by atoms with Gasteiger partial charge in [0, 0.05) is 26.4 Å². The summed E-state index contributed by atoms with van der Waals surface area (Å²) < 4.78 is 1.85. The van der Waals surface area contributed by atoms with Crippen molar-refractivity contribution in [3.8, 4) is 0 Å². The van der Waals surface area contributed by atoms with Crippen molar-refractivity contribution in [2.75, 3.05) is 13.1 Å². The Balaban J connectivity index is 2.25. The molecule has 1 heterocycles. The molecule has 0 aliphatic heterocycles. The predicted molar refractivity (Wildman–Crippen MR) is 74.3 cm³/mol. The molecule has 3 N–H and O–H groups in total. The second kappa shape index (κ2) is 7.89. The Labute approximate surface area is 114 Å². The number of carbonyl (C=O) groups is 1. The number of aromatic nitrogens is 3. The van der Waals surface area contributed by atoms with E-state index in [4.69, 9.17) is 5.73 Å². The number of nitrogens with one attached hydrogen (secondary N) is 1. The largest absolute Gasteiger partial charge is 0.356 e. The first-order valence-corrected chi connectivity index (χ1v) is 6.82. The third-order valence-corrected chi connectivity index (χ3v) is 3.09. The second-order valence-electron chi connectivity index (χ2n) is 5.39. The van der Waals surface area contributed by atoms with E-state index in [0.717, 1.165) is 12.2 Å². The Bertz CT molecular complexity index is 388. The van der Waals surface area contributed by atoms with Gasteiger partial charge in [-0.2, -0.15) is 0 Å². The van der Waals surface area contributed by atoms with Crippen LogP contribution in [-0.2, 0) is 18.3 Å². The van der Waals surface area contributed by atoms with Crippen LogP contribution < -0.4 is 11.1 Å². The lowest BCUT2D eigenvalue weighted by molar-refractivity contribution is -0.122. The van der Waals surface area contributed by atoms with E-state index in [0.29, 0.717) is 31.8 Å². The molecule has 1 atom stereocenters. The van der Waals surface area contributed by atoms with Crippen molar-refractivity contribution in [1.29, 1.82) is 0 Å². The molecule has 0 saturated carbocycles. The van der Waals surface area contributed by atoms with Gasteiger partial charge in [0.25, 0.3) is 0 Å². The summed E-state index contributed by atoms with van der Waals surface area (Å²) in [6.45, 7) is 5.45. The van der Waals surface area contributed by atoms with Gasteiger partial charge in [0.2, 0.25) is 5.91 Å². The number of aryl methyl sites for hydroxylation is 1. The van der Waals surface area contributed by atoms with Gasteiger partial charge in [-0.25, -0.2) is 0 Å². The van der Waals surface area contributed by atoms with Gasteiger partial charge in [0.05, 0.1) is 0 Å². The molecule has 1 unspecified atom stereocenters. The smallest absolute Gasteiger partial charge is 0.220 e. The molecule has 19 heavy (non-hydrogen) atoms. The first kappa shape index (κ1) is 15.6. The zero-order valence-electron chi connectivity index (χ0n) is 12.1. The van der Waals surface area contributed by atoms with Gasteiger partial charge in [0.1, 0.15) is 12.2 Å². The molecule has 0 radical (unpaired) electrons. The second-order valence-corrected chi connectivity index (χ2v) is 5.39. The maximum absolute atomic E-state index is 11.8. The summed E-state index contributed by atoms with van der Waals surface area (Å²) in [6, 6.07) is 0. The summed E-state index contributed by atoms with van der Waals surface area (Å²) in [4.78, 5) is 11.8. The van der Waals surface area contributed by atoms with Crippen molar-refractivity contribution < 1.29 is 4.79 Å². The number of hydrogen-bond acceptors (Lipinski definition) is 4. The number of carbonyl (C=O) groups excluding carboxylic acids is 1. The van der Waals surface area contributed by atoms with E-state index in [2.05, 4.69) is 29.4 Å². The Morgan fingerprint density at radius 3 is 2.79 bits per heavy atom. The minimum atomic E-state index is 0.0678. The highest BCUT2D eigenvalue weighted by Gasteiger charge is 2.13. The van der Waals surface area contributed by atoms with Crippen molar-refractivity contribution >= 4 is 5.91 Å². The van der Waals surface area contributed by atoms with Crippen LogP contribution in [0.3, 0.4) is 0 Å². The van der Waals surface area contributed by atoms with Crippen LogP contribution in [0.4, 0.5) is 0 Å². The summed E-state index contributed by atoms with van der Waals surface area (Å²) in [6.07, 6.45) is 3.85. The molecule has 108 valence electrons. The van der Waals surface area contributed by atoms with Gasteiger partial charge in [0.15, 0.2) is 0 Å². The summed E-state index contributed by atoms with van der Waals surface area (Å²) in [5.41, 5.74) is 5.69. The Kier molecular flexibility index (Phi) is 6.49. The predicted octanol–water partition coefficient (Wildman–Crippen LogP) is 0.485. The van der Waals surface area contributed by atoms with E-state index in [-0.39, 0.29) is 11.8 Å². The van der Waals surface area contributed by atoms with Crippen molar-refractivity contribution in [2.45, 2.75) is 33.1 Å². The molecule has 1 amide bonds. The molecule has 0 spiro atoms. The average molecular weight is 267 g/mol. The molecule has 0 saturated heterocycles. The molecule has 0 fully saturated rings. The Morgan fingerprint density at radius 1 is 1.53 bits per heavy atom. The molecule has 6 nitrogen and oxygen atoms in total. The van der Waals surface area contributed by atoms with Crippen molar-refractivity contribution in [2.24, 2.45) is 24.6 Å². The molecule has 0 bridgehead atoms. The molecule has 1 aromatic heterocycles. The van der Waals surface area contributed by atoms with Gasteiger partial charge in [-0.1, -0.05) is 13.8 Å². The summed E-state index contributed by atoms with van der Waals surface area (Å²) in [7, 11) is 1.89. The first-order chi connectivity index (χ1) is 9.02. The third kappa shape index (κ3) is 5.83. The maximum Gasteiger partial charge on any atom is 0.220 e. The molecule has 0 aromatic carbocycles. The number of rotatable bonds is 8. The Hall–Kier alpha value is -1.43. The fraction of sp³-hybridized carbons (Fsp3) is 0.769. The topological polar surface area (TPSA) is 85.8 Å². The maximum atomic E-state index is 11.8. The van der Waals surface area contributed by atoms with Crippen LogP contribution in [0, 0.1) is 11.8 Å². The summed E-state index contributed by atoms with van der Waals surface area (Å²) in [5, 5.41) is 10.7. The summed E-state index contributed by atoms with van der Waals surface area (Å²) in [5.74, 6) is 1.78. The number of amides is 1. The first-order valence-electron chi connectivity index (χ1n) is 6.82. The average Bonchev–Trinajstić information content (AvgIpc) is 2.73. The lowest BCUT2D eigenvalue weighted by atomic mass is 9.94. The van der Waals surface area contributed by atoms with Crippen molar-refractivity contribution in [1.82, 2.24) is 20.1 Å².